The van der Waals surface area contributed by atoms with Crippen LogP contribution in [0.4, 0.5) is 9.52 Å². The lowest BCUT2D eigenvalue weighted by Gasteiger charge is -2.06. The fraction of sp³-hybridized carbons (Fsp3) is 0.211. The molecule has 0 radical (unpaired) electrons. The molecular weight excluding hydrogens is 381 g/mol. The van der Waals surface area contributed by atoms with Crippen LogP contribution in [-0.2, 0) is 0 Å². The van der Waals surface area contributed by atoms with Crippen molar-refractivity contribution >= 4 is 28.2 Å². The smallest absolute Gasteiger partial charge is 0.251 e. The normalized spacial score (nSPS) is 10.5. The number of benzene rings is 1. The Morgan fingerprint density at radius 1 is 1.14 bits per heavy atom. The highest BCUT2D eigenvalue weighted by Gasteiger charge is 2.17. The SMILES string of the molecule is Cc1nccnc1C(=O)c1cnc(NCCCNC(=O)c2cccc(F)c2)s1. The second kappa shape index (κ2) is 9.14. The minimum absolute atomic E-state index is 0.210. The minimum Gasteiger partial charge on any atom is -0.361 e. The van der Waals surface area contributed by atoms with Gasteiger partial charge in [0.15, 0.2) is 5.13 Å². The first-order valence-electron chi connectivity index (χ1n) is 8.60. The van der Waals surface area contributed by atoms with E-state index < -0.39 is 5.82 Å². The molecule has 0 bridgehead atoms. The van der Waals surface area contributed by atoms with Gasteiger partial charge in [-0.15, -0.1) is 0 Å². The Bertz CT molecular complexity index is 992. The molecule has 1 amide bonds. The molecule has 7 nitrogen and oxygen atoms in total. The molecule has 1 aromatic carbocycles. The van der Waals surface area contributed by atoms with E-state index in [2.05, 4.69) is 25.6 Å². The molecule has 0 aliphatic heterocycles. The lowest BCUT2D eigenvalue weighted by molar-refractivity contribution is 0.0952. The van der Waals surface area contributed by atoms with E-state index in [0.717, 1.165) is 0 Å². The summed E-state index contributed by atoms with van der Waals surface area (Å²) in [7, 11) is 0. The topological polar surface area (TPSA) is 96.9 Å². The molecule has 3 aromatic rings. The van der Waals surface area contributed by atoms with Crippen LogP contribution in [0.15, 0.2) is 42.9 Å². The van der Waals surface area contributed by atoms with Crippen LogP contribution in [0.25, 0.3) is 0 Å². The second-order valence-corrected chi connectivity index (χ2v) is 6.93. The lowest BCUT2D eigenvalue weighted by Crippen LogP contribution is -2.25. The van der Waals surface area contributed by atoms with Gasteiger partial charge in [-0.05, 0) is 31.5 Å². The number of rotatable bonds is 8. The van der Waals surface area contributed by atoms with Crippen LogP contribution in [0.3, 0.4) is 0 Å². The molecule has 2 aromatic heterocycles. The van der Waals surface area contributed by atoms with Crippen LogP contribution in [0.2, 0.25) is 0 Å². The molecule has 0 aliphatic carbocycles. The standard InChI is InChI=1S/C19H18FN5O2S/c1-12-16(22-9-8-21-12)17(26)15-11-25-19(28-15)24-7-3-6-23-18(27)13-4-2-5-14(20)10-13/h2,4-5,8-11H,3,6-7H2,1H3,(H,23,27)(H,24,25). The first-order valence-corrected chi connectivity index (χ1v) is 9.42. The number of nitrogens with zero attached hydrogens (tertiary/aromatic N) is 3. The van der Waals surface area contributed by atoms with Gasteiger partial charge in [0, 0.05) is 31.0 Å². The van der Waals surface area contributed by atoms with Crippen molar-refractivity contribution in [2.45, 2.75) is 13.3 Å². The molecule has 0 saturated carbocycles. The van der Waals surface area contributed by atoms with Crippen molar-refractivity contribution in [3.05, 3.63) is 70.5 Å². The quantitative estimate of drug-likeness (QED) is 0.447. The van der Waals surface area contributed by atoms with E-state index in [1.54, 1.807) is 19.2 Å². The number of hydrogen-bond acceptors (Lipinski definition) is 7. The van der Waals surface area contributed by atoms with Crippen molar-refractivity contribution in [1.82, 2.24) is 20.3 Å². The van der Waals surface area contributed by atoms with Gasteiger partial charge in [0.25, 0.3) is 5.91 Å². The molecule has 28 heavy (non-hydrogen) atoms. The van der Waals surface area contributed by atoms with E-state index in [1.165, 1.54) is 41.9 Å². The van der Waals surface area contributed by atoms with Gasteiger partial charge in [-0.3, -0.25) is 14.6 Å². The van der Waals surface area contributed by atoms with Crippen LogP contribution < -0.4 is 10.6 Å². The molecule has 2 N–H and O–H groups in total. The van der Waals surface area contributed by atoms with E-state index in [0.29, 0.717) is 40.9 Å². The number of nitrogens with one attached hydrogen (secondary N) is 2. The van der Waals surface area contributed by atoms with Gasteiger partial charge in [0.2, 0.25) is 5.78 Å². The Morgan fingerprint density at radius 3 is 2.75 bits per heavy atom. The number of aryl methyl sites for hydroxylation is 1. The molecule has 0 atom stereocenters. The summed E-state index contributed by atoms with van der Waals surface area (Å²) in [6, 6.07) is 5.54. The van der Waals surface area contributed by atoms with Crippen LogP contribution in [-0.4, -0.2) is 39.7 Å². The molecule has 0 aliphatic rings. The summed E-state index contributed by atoms with van der Waals surface area (Å²) in [5.74, 6) is -0.973. The van der Waals surface area contributed by atoms with Gasteiger partial charge < -0.3 is 10.6 Å². The Labute approximate surface area is 165 Å². The van der Waals surface area contributed by atoms with Gasteiger partial charge in [0.05, 0.1) is 16.8 Å². The second-order valence-electron chi connectivity index (χ2n) is 5.90. The monoisotopic (exact) mass is 399 g/mol. The number of ketones is 1. The Hall–Kier alpha value is -3.20. The number of hydrogen-bond donors (Lipinski definition) is 2. The van der Waals surface area contributed by atoms with E-state index >= 15 is 0 Å². The number of carbonyl (C=O) groups excluding carboxylic acids is 2. The molecule has 144 valence electrons. The lowest BCUT2D eigenvalue weighted by atomic mass is 10.2. The van der Waals surface area contributed by atoms with Gasteiger partial charge >= 0.3 is 0 Å². The molecule has 0 spiro atoms. The zero-order valence-electron chi connectivity index (χ0n) is 15.1. The van der Waals surface area contributed by atoms with Crippen LogP contribution in [0.5, 0.6) is 0 Å². The largest absolute Gasteiger partial charge is 0.361 e. The molecule has 0 fully saturated rings. The molecular formula is C19H18FN5O2S. The Kier molecular flexibility index (Phi) is 6.38. The molecule has 0 saturated heterocycles. The summed E-state index contributed by atoms with van der Waals surface area (Å²) in [4.78, 5) is 37.2. The van der Waals surface area contributed by atoms with E-state index in [1.807, 2.05) is 0 Å². The number of anilines is 1. The Morgan fingerprint density at radius 2 is 1.96 bits per heavy atom. The van der Waals surface area contributed by atoms with Gasteiger partial charge in [0.1, 0.15) is 11.5 Å². The van der Waals surface area contributed by atoms with Gasteiger partial charge in [-0.25, -0.2) is 14.4 Å². The summed E-state index contributed by atoms with van der Waals surface area (Å²) in [6.07, 6.45) is 5.18. The van der Waals surface area contributed by atoms with Crippen molar-refractivity contribution in [2.75, 3.05) is 18.4 Å². The fourth-order valence-corrected chi connectivity index (χ4v) is 3.21. The minimum atomic E-state index is -0.444. The molecule has 3 rings (SSSR count). The van der Waals surface area contributed by atoms with Gasteiger partial charge in [-0.1, -0.05) is 17.4 Å². The number of aromatic nitrogens is 3. The summed E-state index contributed by atoms with van der Waals surface area (Å²) < 4.78 is 13.1. The highest BCUT2D eigenvalue weighted by molar-refractivity contribution is 7.17. The van der Waals surface area contributed by atoms with Crippen molar-refractivity contribution < 1.29 is 14.0 Å². The molecule has 2 heterocycles. The van der Waals surface area contributed by atoms with E-state index in [4.69, 9.17) is 0 Å². The predicted molar refractivity (Wildman–Crippen MR) is 104 cm³/mol. The highest BCUT2D eigenvalue weighted by Crippen LogP contribution is 2.21. The average molecular weight is 399 g/mol. The summed E-state index contributed by atoms with van der Waals surface area (Å²) in [6.45, 7) is 2.73. The molecule has 9 heteroatoms. The number of halogens is 1. The first-order chi connectivity index (χ1) is 13.5. The van der Waals surface area contributed by atoms with Crippen LogP contribution in [0, 0.1) is 12.7 Å². The third-order valence-electron chi connectivity index (χ3n) is 3.83. The Balaban J connectivity index is 1.44. The van der Waals surface area contributed by atoms with Crippen molar-refractivity contribution in [3.63, 3.8) is 0 Å². The first kappa shape index (κ1) is 19.6. The summed E-state index contributed by atoms with van der Waals surface area (Å²) >= 11 is 1.24. The third kappa shape index (κ3) is 4.95. The summed E-state index contributed by atoms with van der Waals surface area (Å²) in [5.41, 5.74) is 1.18. The maximum atomic E-state index is 13.1. The zero-order valence-corrected chi connectivity index (χ0v) is 15.9. The van der Waals surface area contributed by atoms with Crippen molar-refractivity contribution in [1.29, 1.82) is 0 Å². The fourth-order valence-electron chi connectivity index (χ4n) is 2.43. The molecule has 0 unspecified atom stereocenters. The number of carbonyl (C=O) groups is 2. The van der Waals surface area contributed by atoms with E-state index in [-0.39, 0.29) is 17.3 Å². The number of amides is 1. The maximum absolute atomic E-state index is 13.1. The van der Waals surface area contributed by atoms with Crippen molar-refractivity contribution in [2.24, 2.45) is 0 Å². The van der Waals surface area contributed by atoms with Crippen LogP contribution in [0.1, 0.15) is 37.8 Å². The van der Waals surface area contributed by atoms with Gasteiger partial charge in [-0.2, -0.15) is 0 Å². The number of thiazole rings is 1. The summed E-state index contributed by atoms with van der Waals surface area (Å²) in [5, 5.41) is 6.46. The van der Waals surface area contributed by atoms with Crippen molar-refractivity contribution in [3.8, 4) is 0 Å². The zero-order chi connectivity index (χ0) is 19.9. The van der Waals surface area contributed by atoms with Crippen LogP contribution >= 0.6 is 11.3 Å². The third-order valence-corrected chi connectivity index (χ3v) is 4.78. The average Bonchev–Trinajstić information content (AvgIpc) is 3.16. The maximum Gasteiger partial charge on any atom is 0.251 e. The predicted octanol–water partition coefficient (Wildman–Crippen LogP) is 2.84. The van der Waals surface area contributed by atoms with E-state index in [9.17, 15) is 14.0 Å². The highest BCUT2D eigenvalue weighted by atomic mass is 32.1.